The lowest BCUT2D eigenvalue weighted by Gasteiger charge is -2.43. The summed E-state index contributed by atoms with van der Waals surface area (Å²) in [5, 5.41) is 15.6. The fraction of sp³-hybridized carbons (Fsp3) is 0.643. The number of rotatable bonds is 12. The topological polar surface area (TPSA) is 134 Å². The molecule has 0 heterocycles. The Hall–Kier alpha value is -2.95. The Balaban J connectivity index is 3.51. The van der Waals surface area contributed by atoms with Gasteiger partial charge in [0.1, 0.15) is 23.4 Å². The highest BCUT2D eigenvalue weighted by atomic mass is 32.2. The lowest BCUT2D eigenvalue weighted by molar-refractivity contribution is -0.149. The number of esters is 1. The molecule has 0 radical (unpaired) electrons. The van der Waals surface area contributed by atoms with E-state index in [-0.39, 0.29) is 25.3 Å². The summed E-state index contributed by atoms with van der Waals surface area (Å²) < 4.78 is 10.3. The average molecular weight is 568 g/mol. The highest BCUT2D eigenvalue weighted by Crippen LogP contribution is 2.32. The molecule has 10 nitrogen and oxygen atoms in total. The maximum atomic E-state index is 14.2. The van der Waals surface area contributed by atoms with E-state index in [4.69, 9.17) is 9.47 Å². The van der Waals surface area contributed by atoms with Crippen LogP contribution in [-0.2, 0) is 23.9 Å². The van der Waals surface area contributed by atoms with E-state index in [0.29, 0.717) is 23.3 Å². The molecule has 3 amide bonds. The van der Waals surface area contributed by atoms with Crippen molar-refractivity contribution in [2.24, 2.45) is 0 Å². The number of ether oxygens (including phenoxy) is 2. The number of amides is 3. The molecule has 0 aliphatic carbocycles. The molecule has 1 aromatic rings. The van der Waals surface area contributed by atoms with Crippen molar-refractivity contribution in [1.82, 2.24) is 15.5 Å². The van der Waals surface area contributed by atoms with E-state index in [1.54, 1.807) is 67.5 Å². The number of phenols is 1. The number of nitrogens with one attached hydrogen (secondary N) is 2. The third kappa shape index (κ3) is 11.4. The van der Waals surface area contributed by atoms with Crippen LogP contribution < -0.4 is 10.6 Å². The van der Waals surface area contributed by atoms with Crippen LogP contribution in [0.1, 0.15) is 78.5 Å². The van der Waals surface area contributed by atoms with E-state index in [1.165, 1.54) is 22.7 Å². The van der Waals surface area contributed by atoms with Crippen LogP contribution in [0.5, 0.6) is 5.75 Å². The minimum Gasteiger partial charge on any atom is -0.508 e. The first kappa shape index (κ1) is 34.1. The molecular formula is C28H45N3O7S. The van der Waals surface area contributed by atoms with Crippen LogP contribution in [0.15, 0.2) is 18.2 Å². The number of hydrogen-bond acceptors (Lipinski definition) is 8. The van der Waals surface area contributed by atoms with Gasteiger partial charge in [0.25, 0.3) is 0 Å². The molecule has 1 aromatic carbocycles. The molecule has 11 heteroatoms. The number of hydrogen-bond donors (Lipinski definition) is 3. The summed E-state index contributed by atoms with van der Waals surface area (Å²) >= 11 is 1.53. The predicted molar refractivity (Wildman–Crippen MR) is 153 cm³/mol. The zero-order chi connectivity index (χ0) is 30.0. The normalized spacial score (nSPS) is 13.2. The maximum absolute atomic E-state index is 14.2. The van der Waals surface area contributed by atoms with Gasteiger partial charge in [0.15, 0.2) is 0 Å². The first-order chi connectivity index (χ1) is 18.0. The Morgan fingerprint density at radius 2 is 1.74 bits per heavy atom. The van der Waals surface area contributed by atoms with E-state index in [2.05, 4.69) is 10.6 Å². The first-order valence-corrected chi connectivity index (χ1v) is 14.5. The van der Waals surface area contributed by atoms with Gasteiger partial charge in [-0.25, -0.2) is 4.79 Å². The third-order valence-electron chi connectivity index (χ3n) is 5.54. The molecule has 1 rings (SSSR count). The highest BCUT2D eigenvalue weighted by molar-refractivity contribution is 7.98. The van der Waals surface area contributed by atoms with Crippen molar-refractivity contribution in [2.45, 2.75) is 91.5 Å². The summed E-state index contributed by atoms with van der Waals surface area (Å²) in [5.74, 6) is -0.776. The highest BCUT2D eigenvalue weighted by Gasteiger charge is 2.41. The molecule has 39 heavy (non-hydrogen) atoms. The minimum atomic E-state index is -1.11. The molecule has 220 valence electrons. The maximum Gasteiger partial charge on any atom is 0.408 e. The van der Waals surface area contributed by atoms with Crippen LogP contribution in [0, 0.1) is 6.92 Å². The summed E-state index contributed by atoms with van der Waals surface area (Å²) in [7, 11) is 0. The van der Waals surface area contributed by atoms with E-state index in [0.717, 1.165) is 0 Å². The van der Waals surface area contributed by atoms with Crippen LogP contribution in [0.2, 0.25) is 0 Å². The van der Waals surface area contributed by atoms with Crippen molar-refractivity contribution in [3.8, 4) is 5.75 Å². The molecule has 0 saturated heterocycles. The zero-order valence-electron chi connectivity index (χ0n) is 24.7. The van der Waals surface area contributed by atoms with Gasteiger partial charge in [-0.1, -0.05) is 6.07 Å². The van der Waals surface area contributed by atoms with Crippen LogP contribution in [-0.4, -0.2) is 76.2 Å². The summed E-state index contributed by atoms with van der Waals surface area (Å²) in [6.45, 7) is 14.3. The number of phenolic OH excluding ortho intramolecular Hbond substituents is 1. The molecular weight excluding hydrogens is 522 g/mol. The smallest absolute Gasteiger partial charge is 0.408 e. The molecule has 2 unspecified atom stereocenters. The fourth-order valence-corrected chi connectivity index (χ4v) is 4.31. The van der Waals surface area contributed by atoms with Gasteiger partial charge >= 0.3 is 12.1 Å². The van der Waals surface area contributed by atoms with Crippen molar-refractivity contribution in [1.29, 1.82) is 0 Å². The Labute approximate surface area is 236 Å². The Kier molecular flexibility index (Phi) is 13.1. The lowest BCUT2D eigenvalue weighted by atomic mass is 9.94. The van der Waals surface area contributed by atoms with Crippen LogP contribution in [0.3, 0.4) is 0 Å². The second-order valence-corrected chi connectivity index (χ2v) is 12.1. The molecule has 0 bridgehead atoms. The number of thioether (sulfide) groups is 1. The molecule has 0 fully saturated rings. The second-order valence-electron chi connectivity index (χ2n) is 11.2. The quantitative estimate of drug-likeness (QED) is 0.322. The number of alkyl carbamates (subject to hydrolysis) is 1. The van der Waals surface area contributed by atoms with Gasteiger partial charge in [-0.3, -0.25) is 14.4 Å². The Bertz CT molecular complexity index is 1000. The molecule has 0 spiro atoms. The number of benzene rings is 1. The molecule has 0 aromatic heterocycles. The minimum absolute atomic E-state index is 0.0173. The Morgan fingerprint density at radius 1 is 1.10 bits per heavy atom. The van der Waals surface area contributed by atoms with Crippen molar-refractivity contribution in [3.05, 3.63) is 29.3 Å². The summed E-state index contributed by atoms with van der Waals surface area (Å²) in [5.41, 5.74) is -0.613. The number of aromatic hydroxyl groups is 1. The van der Waals surface area contributed by atoms with E-state index in [1.807, 2.05) is 6.26 Å². The molecule has 0 saturated carbocycles. The van der Waals surface area contributed by atoms with Crippen LogP contribution >= 0.6 is 11.8 Å². The predicted octanol–water partition coefficient (Wildman–Crippen LogP) is 4.08. The Morgan fingerprint density at radius 3 is 2.26 bits per heavy atom. The van der Waals surface area contributed by atoms with E-state index < -0.39 is 47.1 Å². The molecule has 0 aliphatic rings. The van der Waals surface area contributed by atoms with Crippen LogP contribution in [0.25, 0.3) is 0 Å². The monoisotopic (exact) mass is 567 g/mol. The number of aryl methyl sites for hydroxylation is 1. The van der Waals surface area contributed by atoms with E-state index in [9.17, 15) is 24.3 Å². The lowest BCUT2D eigenvalue weighted by Crippen LogP contribution is -2.58. The average Bonchev–Trinajstić information content (AvgIpc) is 2.79. The largest absolute Gasteiger partial charge is 0.508 e. The van der Waals surface area contributed by atoms with Gasteiger partial charge in [-0.15, -0.1) is 0 Å². The standard InChI is InChI=1S/C28H45N3O7S/c1-10-37-22(33)13-15-29-24(34)23(19-11-12-21(32)18(2)17-19)31(27(3,4)5)25(35)20(14-16-39-9)30-26(36)38-28(6,7)8/h11-12,17,20,23,32H,10,13-16H2,1-9H3,(H,29,34)(H,30,36). The SMILES string of the molecule is CCOC(=O)CCNC(=O)C(c1ccc(O)c(C)c1)N(C(=O)C(CCSC)NC(=O)OC(C)(C)C)C(C)(C)C. The van der Waals surface area contributed by atoms with Gasteiger partial charge in [0.05, 0.1) is 13.0 Å². The van der Waals surface area contributed by atoms with E-state index >= 15 is 0 Å². The number of carbonyl (C=O) groups is 4. The molecule has 0 aliphatic heterocycles. The summed E-state index contributed by atoms with van der Waals surface area (Å²) in [6, 6.07) is 2.63. The summed E-state index contributed by atoms with van der Waals surface area (Å²) in [4.78, 5) is 53.8. The zero-order valence-corrected chi connectivity index (χ0v) is 25.5. The molecule has 2 atom stereocenters. The number of nitrogens with zero attached hydrogens (tertiary/aromatic N) is 1. The molecule has 3 N–H and O–H groups in total. The second kappa shape index (κ2) is 15.0. The first-order valence-electron chi connectivity index (χ1n) is 13.1. The van der Waals surface area contributed by atoms with Gasteiger partial charge < -0.3 is 30.1 Å². The van der Waals surface area contributed by atoms with Gasteiger partial charge in [-0.05, 0) is 97.1 Å². The van der Waals surface area contributed by atoms with Crippen molar-refractivity contribution < 1.29 is 33.8 Å². The van der Waals surface area contributed by atoms with Crippen molar-refractivity contribution >= 4 is 35.6 Å². The van der Waals surface area contributed by atoms with Crippen LogP contribution in [0.4, 0.5) is 4.79 Å². The third-order valence-corrected chi connectivity index (χ3v) is 6.18. The van der Waals surface area contributed by atoms with Crippen molar-refractivity contribution in [3.63, 3.8) is 0 Å². The van der Waals surface area contributed by atoms with Gasteiger partial charge in [0.2, 0.25) is 11.8 Å². The van der Waals surface area contributed by atoms with Crippen molar-refractivity contribution in [2.75, 3.05) is 25.2 Å². The van der Waals surface area contributed by atoms with Gasteiger partial charge in [0, 0.05) is 12.1 Å². The fourth-order valence-electron chi connectivity index (χ4n) is 3.84. The number of carbonyl (C=O) groups excluding carboxylic acids is 4. The summed E-state index contributed by atoms with van der Waals surface area (Å²) in [6.07, 6.45) is 1.46. The van der Waals surface area contributed by atoms with Gasteiger partial charge in [-0.2, -0.15) is 11.8 Å².